The number of H-pyrrole nitrogens is 1. The molecule has 2 rings (SSSR count). The van der Waals surface area contributed by atoms with E-state index in [9.17, 15) is 4.79 Å². The minimum atomic E-state index is -0.224. The molecule has 4 nitrogen and oxygen atoms in total. The summed E-state index contributed by atoms with van der Waals surface area (Å²) in [6.07, 6.45) is 7.00. The van der Waals surface area contributed by atoms with Gasteiger partial charge >= 0.3 is 0 Å². The van der Waals surface area contributed by atoms with Gasteiger partial charge in [0.25, 0.3) is 5.91 Å². The minimum absolute atomic E-state index is 0.00575. The van der Waals surface area contributed by atoms with E-state index in [-0.39, 0.29) is 19.0 Å². The number of aromatic amines is 1. The van der Waals surface area contributed by atoms with Gasteiger partial charge in [-0.25, -0.2) is 0 Å². The molecule has 1 N–H and O–H groups in total. The molecule has 0 spiro atoms. The van der Waals surface area contributed by atoms with E-state index in [4.69, 9.17) is 11.7 Å². The predicted molar refractivity (Wildman–Crippen MR) is 68.6 cm³/mol. The second kappa shape index (κ2) is 5.07. The lowest BCUT2D eigenvalue weighted by molar-refractivity contribution is 0.0795. The number of nitrogens with one attached hydrogen (secondary N) is 1. The zero-order valence-electron chi connectivity index (χ0n) is 9.68. The van der Waals surface area contributed by atoms with Crippen molar-refractivity contribution in [2.24, 2.45) is 0 Å². The molecule has 0 saturated heterocycles. The van der Waals surface area contributed by atoms with Crippen molar-refractivity contribution < 1.29 is 4.79 Å². The van der Waals surface area contributed by atoms with Gasteiger partial charge in [-0.05, 0) is 24.3 Å². The van der Waals surface area contributed by atoms with E-state index < -0.39 is 0 Å². The first-order valence-electron chi connectivity index (χ1n) is 5.43. The number of carbonyl (C=O) groups excluding carboxylic acids is 1. The molecule has 0 atom stereocenters. The number of amides is 1. The third kappa shape index (κ3) is 2.18. The molecule has 4 heteroatoms. The molecular formula is C14H11N3O. The normalized spacial score (nSPS) is 9.67. The molecule has 1 aromatic heterocycles. The number of aromatic nitrogens is 1. The number of nitrogens with zero attached hydrogens (tertiary/aromatic N) is 2. The largest absolute Gasteiger partial charge is 0.361 e. The molecule has 2 aromatic rings. The van der Waals surface area contributed by atoms with E-state index >= 15 is 0 Å². The lowest BCUT2D eigenvalue weighted by Gasteiger charge is -2.16. The Hall–Kier alpha value is -2.72. The maximum Gasteiger partial charge on any atom is 0.255 e. The summed E-state index contributed by atoms with van der Waals surface area (Å²) in [5.41, 5.74) is 1.50. The van der Waals surface area contributed by atoms with Crippen LogP contribution < -0.4 is 0 Å². The van der Waals surface area contributed by atoms with Crippen LogP contribution in [-0.2, 0) is 0 Å². The third-order valence-corrected chi connectivity index (χ3v) is 2.63. The van der Waals surface area contributed by atoms with E-state index in [2.05, 4.69) is 10.9 Å². The number of nitriles is 1. The highest BCUT2D eigenvalue weighted by atomic mass is 16.2. The van der Waals surface area contributed by atoms with Crippen LogP contribution in [0.2, 0.25) is 0 Å². The highest BCUT2D eigenvalue weighted by Crippen LogP contribution is 2.15. The summed E-state index contributed by atoms with van der Waals surface area (Å²) in [4.78, 5) is 16.6. The Labute approximate surface area is 105 Å². The number of fused-ring (bicyclic) bond motifs is 1. The Bertz CT molecular complexity index is 641. The van der Waals surface area contributed by atoms with Gasteiger partial charge in [-0.2, -0.15) is 5.26 Å². The van der Waals surface area contributed by atoms with E-state index in [1.165, 1.54) is 4.90 Å². The van der Waals surface area contributed by atoms with Gasteiger partial charge in [0.1, 0.15) is 6.54 Å². The van der Waals surface area contributed by atoms with Crippen LogP contribution in [0.1, 0.15) is 10.4 Å². The second-order valence-electron chi connectivity index (χ2n) is 3.80. The maximum absolute atomic E-state index is 12.2. The van der Waals surface area contributed by atoms with Crippen molar-refractivity contribution in [3.05, 3.63) is 36.0 Å². The SMILES string of the molecule is C#CCN(CC#N)C(=O)c1ccc2[nH]ccc2c1. The molecule has 0 saturated carbocycles. The Kier molecular flexibility index (Phi) is 3.31. The average Bonchev–Trinajstić information content (AvgIpc) is 2.84. The topological polar surface area (TPSA) is 59.9 Å². The molecule has 1 amide bonds. The zero-order chi connectivity index (χ0) is 13.0. The van der Waals surface area contributed by atoms with E-state index in [1.54, 1.807) is 12.1 Å². The Balaban J connectivity index is 2.31. The van der Waals surface area contributed by atoms with Crippen LogP contribution in [0, 0.1) is 23.7 Å². The van der Waals surface area contributed by atoms with Crippen LogP contribution in [0.4, 0.5) is 0 Å². The summed E-state index contributed by atoms with van der Waals surface area (Å²) in [6.45, 7) is 0.131. The quantitative estimate of drug-likeness (QED) is 0.653. The number of carbonyl (C=O) groups is 1. The summed E-state index contributed by atoms with van der Waals surface area (Å²) in [7, 11) is 0. The highest BCUT2D eigenvalue weighted by Gasteiger charge is 2.14. The summed E-state index contributed by atoms with van der Waals surface area (Å²) in [6, 6.07) is 9.18. The fourth-order valence-electron chi connectivity index (χ4n) is 1.76. The predicted octanol–water partition coefficient (Wildman–Crippen LogP) is 1.77. The molecule has 1 aromatic carbocycles. The van der Waals surface area contributed by atoms with Crippen LogP contribution in [0.15, 0.2) is 30.5 Å². The monoisotopic (exact) mass is 237 g/mol. The molecule has 0 bridgehead atoms. The standard InChI is InChI=1S/C14H11N3O/c1-2-8-17(9-6-15)14(18)12-3-4-13-11(10-12)5-7-16-13/h1,3-5,7,10,16H,8-9H2. The summed E-state index contributed by atoms with van der Waals surface area (Å²) in [5.74, 6) is 2.16. The van der Waals surface area contributed by atoms with Gasteiger partial charge in [0.05, 0.1) is 12.6 Å². The Morgan fingerprint density at radius 2 is 2.22 bits per heavy atom. The van der Waals surface area contributed by atoms with Crippen molar-refractivity contribution in [3.63, 3.8) is 0 Å². The lowest BCUT2D eigenvalue weighted by atomic mass is 10.1. The molecule has 1 heterocycles. The van der Waals surface area contributed by atoms with Gasteiger partial charge in [-0.15, -0.1) is 6.42 Å². The van der Waals surface area contributed by atoms with Gasteiger partial charge < -0.3 is 9.88 Å². The summed E-state index contributed by atoms with van der Waals surface area (Å²) >= 11 is 0. The van der Waals surface area contributed by atoms with Gasteiger partial charge in [0.2, 0.25) is 0 Å². The Morgan fingerprint density at radius 3 is 2.94 bits per heavy atom. The van der Waals surface area contributed by atoms with Crippen molar-refractivity contribution >= 4 is 16.8 Å². The van der Waals surface area contributed by atoms with Crippen molar-refractivity contribution in [2.45, 2.75) is 0 Å². The molecule has 0 aliphatic carbocycles. The fourth-order valence-corrected chi connectivity index (χ4v) is 1.76. The van der Waals surface area contributed by atoms with Crippen LogP contribution in [0.5, 0.6) is 0 Å². The van der Waals surface area contributed by atoms with Crippen LogP contribution >= 0.6 is 0 Å². The summed E-state index contributed by atoms with van der Waals surface area (Å²) < 4.78 is 0. The molecule has 0 radical (unpaired) electrons. The number of rotatable bonds is 3. The number of terminal acetylenes is 1. The first-order valence-corrected chi connectivity index (χ1v) is 5.43. The zero-order valence-corrected chi connectivity index (χ0v) is 9.68. The van der Waals surface area contributed by atoms with Crippen LogP contribution in [0.3, 0.4) is 0 Å². The molecule has 88 valence electrons. The van der Waals surface area contributed by atoms with Crippen molar-refractivity contribution in [2.75, 3.05) is 13.1 Å². The van der Waals surface area contributed by atoms with Gasteiger partial charge in [0, 0.05) is 22.7 Å². The number of hydrogen-bond acceptors (Lipinski definition) is 2. The number of benzene rings is 1. The molecule has 0 aliphatic heterocycles. The van der Waals surface area contributed by atoms with Gasteiger partial charge in [-0.1, -0.05) is 5.92 Å². The van der Waals surface area contributed by atoms with Gasteiger partial charge in [0.15, 0.2) is 0 Å². The van der Waals surface area contributed by atoms with Crippen molar-refractivity contribution in [1.82, 2.24) is 9.88 Å². The fraction of sp³-hybridized carbons (Fsp3) is 0.143. The lowest BCUT2D eigenvalue weighted by Crippen LogP contribution is -2.31. The minimum Gasteiger partial charge on any atom is -0.361 e. The molecule has 18 heavy (non-hydrogen) atoms. The molecular weight excluding hydrogens is 226 g/mol. The van der Waals surface area contributed by atoms with Crippen molar-refractivity contribution in [1.29, 1.82) is 5.26 Å². The molecule has 0 aliphatic rings. The van der Waals surface area contributed by atoms with E-state index in [1.807, 2.05) is 24.4 Å². The van der Waals surface area contributed by atoms with E-state index in [0.29, 0.717) is 5.56 Å². The maximum atomic E-state index is 12.2. The average molecular weight is 237 g/mol. The molecule has 0 fully saturated rings. The van der Waals surface area contributed by atoms with Gasteiger partial charge in [-0.3, -0.25) is 4.79 Å². The first kappa shape index (κ1) is 11.8. The highest BCUT2D eigenvalue weighted by molar-refractivity contribution is 5.98. The summed E-state index contributed by atoms with van der Waals surface area (Å²) in [5, 5.41) is 9.64. The first-order chi connectivity index (χ1) is 8.76. The van der Waals surface area contributed by atoms with Crippen molar-refractivity contribution in [3.8, 4) is 18.4 Å². The van der Waals surface area contributed by atoms with Crippen LogP contribution in [-0.4, -0.2) is 28.9 Å². The Morgan fingerprint density at radius 1 is 1.39 bits per heavy atom. The third-order valence-electron chi connectivity index (χ3n) is 2.63. The van der Waals surface area contributed by atoms with E-state index in [0.717, 1.165) is 10.9 Å². The van der Waals surface area contributed by atoms with Crippen LogP contribution in [0.25, 0.3) is 10.9 Å². The number of hydrogen-bond donors (Lipinski definition) is 1. The second-order valence-corrected chi connectivity index (χ2v) is 3.80. The smallest absolute Gasteiger partial charge is 0.255 e. The molecule has 0 unspecified atom stereocenters.